The van der Waals surface area contributed by atoms with E-state index in [9.17, 15) is 5.11 Å². The zero-order chi connectivity index (χ0) is 10.4. The van der Waals surface area contributed by atoms with Crippen molar-refractivity contribution >= 4 is 0 Å². The van der Waals surface area contributed by atoms with Crippen LogP contribution in [0.3, 0.4) is 0 Å². The molecule has 0 spiro atoms. The van der Waals surface area contributed by atoms with Crippen LogP contribution in [0.4, 0.5) is 0 Å². The van der Waals surface area contributed by atoms with Crippen LogP contribution in [-0.2, 0) is 4.74 Å². The van der Waals surface area contributed by atoms with Gasteiger partial charge in [-0.05, 0) is 39.2 Å². The fourth-order valence-electron chi connectivity index (χ4n) is 1.88. The van der Waals surface area contributed by atoms with Crippen molar-refractivity contribution in [3.05, 3.63) is 11.8 Å². The minimum atomic E-state index is -0.267. The highest BCUT2D eigenvalue weighted by Crippen LogP contribution is 2.20. The van der Waals surface area contributed by atoms with Crippen molar-refractivity contribution in [2.24, 2.45) is 0 Å². The molecule has 0 aromatic heterocycles. The average Bonchev–Trinajstić information content (AvgIpc) is 2.31. The Morgan fingerprint density at radius 2 is 2.14 bits per heavy atom. The molecule has 0 saturated carbocycles. The molecule has 0 saturated heterocycles. The highest BCUT2D eigenvalue weighted by Gasteiger charge is 2.10. The second kappa shape index (κ2) is 6.07. The third kappa shape index (κ3) is 4.66. The summed E-state index contributed by atoms with van der Waals surface area (Å²) in [7, 11) is 0. The van der Waals surface area contributed by atoms with E-state index in [4.69, 9.17) is 4.74 Å². The molecule has 2 heteroatoms. The summed E-state index contributed by atoms with van der Waals surface area (Å²) in [5, 5.41) is 9.21. The molecular weight excluding hydrogens is 176 g/mol. The van der Waals surface area contributed by atoms with E-state index in [1.54, 1.807) is 6.92 Å². The van der Waals surface area contributed by atoms with E-state index in [2.05, 4.69) is 6.08 Å². The van der Waals surface area contributed by atoms with Crippen LogP contribution >= 0.6 is 0 Å². The first-order valence-electron chi connectivity index (χ1n) is 5.72. The highest BCUT2D eigenvalue weighted by molar-refractivity contribution is 4.95. The first-order valence-corrected chi connectivity index (χ1v) is 5.72. The number of hydrogen-bond acceptors (Lipinski definition) is 2. The van der Waals surface area contributed by atoms with Gasteiger partial charge in [-0.2, -0.15) is 0 Å². The predicted octanol–water partition coefficient (Wildman–Crippen LogP) is 3.01. The molecule has 0 radical (unpaired) electrons. The summed E-state index contributed by atoms with van der Waals surface area (Å²) in [6, 6.07) is 0. The summed E-state index contributed by atoms with van der Waals surface area (Å²) in [4.78, 5) is 0. The van der Waals surface area contributed by atoms with E-state index in [-0.39, 0.29) is 12.2 Å². The molecule has 0 unspecified atom stereocenters. The second-order valence-corrected chi connectivity index (χ2v) is 4.28. The molecule has 0 aromatic rings. The smallest absolute Gasteiger partial charge is 0.0978 e. The van der Waals surface area contributed by atoms with Crippen LogP contribution in [0.15, 0.2) is 11.8 Å². The van der Waals surface area contributed by atoms with Crippen molar-refractivity contribution in [2.45, 2.75) is 64.6 Å². The first kappa shape index (κ1) is 11.6. The number of aliphatic hydroxyl groups is 1. The van der Waals surface area contributed by atoms with Crippen LogP contribution in [0.2, 0.25) is 0 Å². The maximum atomic E-state index is 9.21. The van der Waals surface area contributed by atoms with Gasteiger partial charge in [0.1, 0.15) is 0 Å². The first-order chi connectivity index (χ1) is 6.68. The van der Waals surface area contributed by atoms with Crippen LogP contribution < -0.4 is 0 Å². The molecule has 0 aliphatic heterocycles. The fraction of sp³-hybridized carbons (Fsp3) is 0.833. The van der Waals surface area contributed by atoms with Crippen molar-refractivity contribution in [3.8, 4) is 0 Å². The monoisotopic (exact) mass is 198 g/mol. The Bertz CT molecular complexity index is 185. The van der Waals surface area contributed by atoms with Crippen molar-refractivity contribution < 1.29 is 9.84 Å². The molecule has 0 amide bonds. The van der Waals surface area contributed by atoms with E-state index < -0.39 is 0 Å². The molecule has 1 N–H and O–H groups in total. The average molecular weight is 198 g/mol. The Morgan fingerprint density at radius 3 is 2.86 bits per heavy atom. The summed E-state index contributed by atoms with van der Waals surface area (Å²) >= 11 is 0. The number of hydrogen-bond donors (Lipinski definition) is 1. The standard InChI is InChI=1S/C12H22O2/c1-10(13)9-11(2)14-12-7-5-3-4-6-8-12/h7,10-11,13H,3-6,8-9H2,1-2H3/t10-,11-/m1/s1. The number of allylic oxidation sites excluding steroid dienone is 2. The molecule has 0 heterocycles. The summed E-state index contributed by atoms with van der Waals surface area (Å²) in [6.45, 7) is 3.83. The Labute approximate surface area is 87.0 Å². The van der Waals surface area contributed by atoms with Crippen molar-refractivity contribution in [3.63, 3.8) is 0 Å². The van der Waals surface area contributed by atoms with Crippen LogP contribution in [0, 0.1) is 0 Å². The lowest BCUT2D eigenvalue weighted by Crippen LogP contribution is -2.15. The normalized spacial score (nSPS) is 22.1. The van der Waals surface area contributed by atoms with Gasteiger partial charge in [-0.25, -0.2) is 0 Å². The largest absolute Gasteiger partial charge is 0.495 e. The van der Waals surface area contributed by atoms with Gasteiger partial charge in [-0.1, -0.05) is 6.42 Å². The third-order valence-corrected chi connectivity index (χ3v) is 2.52. The lowest BCUT2D eigenvalue weighted by atomic mass is 10.2. The van der Waals surface area contributed by atoms with E-state index in [0.29, 0.717) is 0 Å². The quantitative estimate of drug-likeness (QED) is 0.752. The molecule has 2 atom stereocenters. The molecule has 2 nitrogen and oxygen atoms in total. The van der Waals surface area contributed by atoms with Crippen molar-refractivity contribution in [2.75, 3.05) is 0 Å². The SMILES string of the molecule is C[C@H](C[C@@H](C)O)OC1=CCCCCC1. The van der Waals surface area contributed by atoms with Gasteiger partial charge in [0.25, 0.3) is 0 Å². The molecule has 14 heavy (non-hydrogen) atoms. The van der Waals surface area contributed by atoms with Gasteiger partial charge in [0.15, 0.2) is 0 Å². The van der Waals surface area contributed by atoms with Crippen molar-refractivity contribution in [1.29, 1.82) is 0 Å². The molecule has 0 aromatic carbocycles. The maximum absolute atomic E-state index is 9.21. The number of rotatable bonds is 4. The highest BCUT2D eigenvalue weighted by atomic mass is 16.5. The van der Waals surface area contributed by atoms with E-state index in [1.165, 1.54) is 19.3 Å². The molecule has 0 fully saturated rings. The third-order valence-electron chi connectivity index (χ3n) is 2.52. The topological polar surface area (TPSA) is 29.5 Å². The lowest BCUT2D eigenvalue weighted by molar-refractivity contribution is 0.0678. The Kier molecular flexibility index (Phi) is 5.02. The summed E-state index contributed by atoms with van der Waals surface area (Å²) in [6.07, 6.45) is 8.87. The fourth-order valence-corrected chi connectivity index (χ4v) is 1.88. The second-order valence-electron chi connectivity index (χ2n) is 4.28. The molecule has 1 aliphatic carbocycles. The number of aliphatic hydroxyl groups excluding tert-OH is 1. The van der Waals surface area contributed by atoms with Gasteiger partial charge in [-0.15, -0.1) is 0 Å². The summed E-state index contributed by atoms with van der Waals surface area (Å²) in [5.74, 6) is 1.13. The molecule has 82 valence electrons. The van der Waals surface area contributed by atoms with Crippen LogP contribution in [0.25, 0.3) is 0 Å². The number of ether oxygens (including phenoxy) is 1. The van der Waals surface area contributed by atoms with Crippen LogP contribution in [-0.4, -0.2) is 17.3 Å². The van der Waals surface area contributed by atoms with Crippen LogP contribution in [0.1, 0.15) is 52.4 Å². The maximum Gasteiger partial charge on any atom is 0.0978 e. The van der Waals surface area contributed by atoms with E-state index >= 15 is 0 Å². The van der Waals surface area contributed by atoms with Crippen molar-refractivity contribution in [1.82, 2.24) is 0 Å². The molecular formula is C12H22O2. The molecule has 1 aliphatic rings. The zero-order valence-corrected chi connectivity index (χ0v) is 9.33. The Hall–Kier alpha value is -0.500. The molecule has 1 rings (SSSR count). The van der Waals surface area contributed by atoms with E-state index in [0.717, 1.165) is 25.0 Å². The summed E-state index contributed by atoms with van der Waals surface area (Å²) < 4.78 is 5.78. The predicted molar refractivity (Wildman–Crippen MR) is 58.0 cm³/mol. The Morgan fingerprint density at radius 1 is 1.36 bits per heavy atom. The van der Waals surface area contributed by atoms with Gasteiger partial charge in [0, 0.05) is 12.8 Å². The lowest BCUT2D eigenvalue weighted by Gasteiger charge is -2.18. The van der Waals surface area contributed by atoms with Crippen LogP contribution in [0.5, 0.6) is 0 Å². The van der Waals surface area contributed by atoms with Gasteiger partial charge >= 0.3 is 0 Å². The minimum absolute atomic E-state index is 0.138. The summed E-state index contributed by atoms with van der Waals surface area (Å²) in [5.41, 5.74) is 0. The Balaban J connectivity index is 2.30. The van der Waals surface area contributed by atoms with Gasteiger partial charge < -0.3 is 9.84 Å². The molecule has 0 bridgehead atoms. The minimum Gasteiger partial charge on any atom is -0.495 e. The zero-order valence-electron chi connectivity index (χ0n) is 9.33. The van der Waals surface area contributed by atoms with Gasteiger partial charge in [-0.3, -0.25) is 0 Å². The van der Waals surface area contributed by atoms with Gasteiger partial charge in [0.05, 0.1) is 18.0 Å². The van der Waals surface area contributed by atoms with E-state index in [1.807, 2.05) is 6.92 Å². The van der Waals surface area contributed by atoms with Gasteiger partial charge in [0.2, 0.25) is 0 Å².